The Balaban J connectivity index is 0.00000181. The van der Waals surface area contributed by atoms with Crippen LogP contribution < -0.4 is 52.9 Å². The zero-order chi connectivity index (χ0) is 21.1. The largest absolute Gasteiger partial charge is 1.00 e. The van der Waals surface area contributed by atoms with Crippen LogP contribution in [-0.2, 0) is 0 Å². The monoisotopic (exact) mass is 554 g/mol. The average molecular weight is 556 g/mol. The van der Waals surface area contributed by atoms with Crippen LogP contribution in [-0.4, -0.2) is 28.2 Å². The molecule has 4 rings (SSSR count). The minimum absolute atomic E-state index is 0. The second-order valence-corrected chi connectivity index (χ2v) is 7.81. The van der Waals surface area contributed by atoms with Crippen molar-refractivity contribution < 1.29 is 43.1 Å². The molecule has 0 radical (unpaired) electrons. The number of hydrogen-bond acceptors (Lipinski definition) is 2. The number of pyridine rings is 2. The first kappa shape index (κ1) is 25.6. The maximum atomic E-state index is 2.16. The van der Waals surface area contributed by atoms with E-state index in [1.54, 1.807) is 0 Å². The van der Waals surface area contributed by atoms with Gasteiger partial charge < -0.3 is 43.8 Å². The van der Waals surface area contributed by atoms with Crippen molar-refractivity contribution >= 4 is 11.4 Å². The molecule has 0 aliphatic carbocycles. The highest BCUT2D eigenvalue weighted by Crippen LogP contribution is 2.18. The van der Waals surface area contributed by atoms with Gasteiger partial charge in [0.05, 0.1) is 0 Å². The highest BCUT2D eigenvalue weighted by molar-refractivity contribution is 5.61. The van der Waals surface area contributed by atoms with Crippen LogP contribution in [0.4, 0.5) is 11.4 Å². The van der Waals surface area contributed by atoms with E-state index >= 15 is 0 Å². The topological polar surface area (TPSA) is 14.2 Å². The van der Waals surface area contributed by atoms with Crippen LogP contribution in [0.2, 0.25) is 0 Å². The minimum atomic E-state index is 0. The molecule has 0 atom stereocenters. The second-order valence-electron chi connectivity index (χ2n) is 7.81. The SMILES string of the molecule is CN(C)c1ccc(-[n+]2ccc(-c3cc[n+](-c4ccc(N(C)C)cc4)cc3)cc2)cc1.[Br-].[Br-]. The predicted octanol–water partition coefficient (Wildman–Crippen LogP) is -1.95. The standard InChI is InChI=1S/C26H28N4.2BrH/c1-27(2)23-5-9-25(10-6-23)29-17-13-21(14-18-29)22-15-19-30(20-16-22)26-11-7-24(8-12-26)28(3)4;;/h5-20H,1-4H3;2*1H/q+2;;/p-2. The molecule has 166 valence electrons. The maximum Gasteiger partial charge on any atom is 0.210 e. The molecule has 4 nitrogen and oxygen atoms in total. The summed E-state index contributed by atoms with van der Waals surface area (Å²) in [6.45, 7) is 0. The summed E-state index contributed by atoms with van der Waals surface area (Å²) in [6, 6.07) is 25.7. The van der Waals surface area contributed by atoms with Crippen molar-refractivity contribution in [3.63, 3.8) is 0 Å². The number of benzene rings is 2. The van der Waals surface area contributed by atoms with Crippen LogP contribution in [0.5, 0.6) is 0 Å². The number of aromatic nitrogens is 2. The fourth-order valence-corrected chi connectivity index (χ4v) is 3.43. The number of anilines is 2. The molecule has 0 saturated carbocycles. The van der Waals surface area contributed by atoms with Gasteiger partial charge in [-0.05, 0) is 35.4 Å². The molecule has 0 unspecified atom stereocenters. The average Bonchev–Trinajstić information content (AvgIpc) is 2.79. The van der Waals surface area contributed by atoms with Gasteiger partial charge in [0.25, 0.3) is 0 Å². The van der Waals surface area contributed by atoms with E-state index < -0.39 is 0 Å². The lowest BCUT2D eigenvalue weighted by Crippen LogP contribution is -3.00. The van der Waals surface area contributed by atoms with E-state index in [9.17, 15) is 0 Å². The molecular weight excluding hydrogens is 528 g/mol. The number of hydrogen-bond donors (Lipinski definition) is 0. The summed E-state index contributed by atoms with van der Waals surface area (Å²) in [5.41, 5.74) is 7.10. The van der Waals surface area contributed by atoms with Gasteiger partial charge in [0.1, 0.15) is 0 Å². The van der Waals surface area contributed by atoms with Gasteiger partial charge in [-0.1, -0.05) is 0 Å². The molecule has 4 aromatic rings. The molecule has 0 N–H and O–H groups in total. The third kappa shape index (κ3) is 5.75. The Morgan fingerprint density at radius 3 is 0.969 bits per heavy atom. The van der Waals surface area contributed by atoms with Gasteiger partial charge in [0.2, 0.25) is 11.4 Å². The Bertz CT molecular complexity index is 1010. The first-order valence-corrected chi connectivity index (χ1v) is 10.1. The molecule has 2 heterocycles. The fraction of sp³-hybridized carbons (Fsp3) is 0.154. The number of halogens is 2. The Hall–Kier alpha value is -2.70. The van der Waals surface area contributed by atoms with E-state index in [2.05, 4.69) is 145 Å². The summed E-state index contributed by atoms with van der Waals surface area (Å²) >= 11 is 0. The van der Waals surface area contributed by atoms with E-state index in [0.717, 1.165) is 11.4 Å². The summed E-state index contributed by atoms with van der Waals surface area (Å²) in [4.78, 5) is 4.21. The van der Waals surface area contributed by atoms with Crippen molar-refractivity contribution in [2.24, 2.45) is 0 Å². The van der Waals surface area contributed by atoms with E-state index in [-0.39, 0.29) is 34.0 Å². The normalized spacial score (nSPS) is 10.0. The summed E-state index contributed by atoms with van der Waals surface area (Å²) in [5.74, 6) is 0. The zero-order valence-electron chi connectivity index (χ0n) is 18.8. The molecule has 0 amide bonds. The van der Waals surface area contributed by atoms with Gasteiger partial charge in [0, 0.05) is 88.1 Å². The van der Waals surface area contributed by atoms with Crippen molar-refractivity contribution in [2.45, 2.75) is 0 Å². The van der Waals surface area contributed by atoms with Gasteiger partial charge in [-0.3, -0.25) is 0 Å². The third-order valence-electron chi connectivity index (χ3n) is 5.32. The van der Waals surface area contributed by atoms with Crippen LogP contribution in [0.25, 0.3) is 22.5 Å². The first-order valence-electron chi connectivity index (χ1n) is 10.1. The van der Waals surface area contributed by atoms with Gasteiger partial charge in [-0.2, -0.15) is 9.13 Å². The zero-order valence-corrected chi connectivity index (χ0v) is 22.0. The Labute approximate surface area is 211 Å². The first-order chi connectivity index (χ1) is 14.5. The van der Waals surface area contributed by atoms with Crippen LogP contribution in [0.15, 0.2) is 97.6 Å². The summed E-state index contributed by atoms with van der Waals surface area (Å²) in [7, 11) is 8.22. The van der Waals surface area contributed by atoms with E-state index in [0.29, 0.717) is 0 Å². The lowest BCUT2D eigenvalue weighted by molar-refractivity contribution is -0.596. The molecule has 0 saturated heterocycles. The smallest absolute Gasteiger partial charge is 0.210 e. The van der Waals surface area contributed by atoms with Gasteiger partial charge in [0.15, 0.2) is 24.8 Å². The molecule has 0 aliphatic heterocycles. The highest BCUT2D eigenvalue weighted by Gasteiger charge is 2.10. The number of rotatable bonds is 5. The Kier molecular flexibility index (Phi) is 8.99. The molecule has 32 heavy (non-hydrogen) atoms. The fourth-order valence-electron chi connectivity index (χ4n) is 3.43. The van der Waals surface area contributed by atoms with Crippen LogP contribution in [0, 0.1) is 0 Å². The minimum Gasteiger partial charge on any atom is -1.00 e. The molecule has 2 aromatic heterocycles. The molecule has 0 fully saturated rings. The highest BCUT2D eigenvalue weighted by atomic mass is 79.9. The molecule has 0 bridgehead atoms. The quantitative estimate of drug-likeness (QED) is 0.266. The Morgan fingerprint density at radius 1 is 0.438 bits per heavy atom. The molecule has 0 spiro atoms. The summed E-state index contributed by atoms with van der Waals surface area (Å²) < 4.78 is 4.27. The molecule has 0 aliphatic rings. The van der Waals surface area contributed by atoms with E-state index in [1.807, 2.05) is 0 Å². The lowest BCUT2D eigenvalue weighted by atomic mass is 10.1. The Morgan fingerprint density at radius 2 is 0.719 bits per heavy atom. The van der Waals surface area contributed by atoms with Crippen molar-refractivity contribution in [1.82, 2.24) is 0 Å². The van der Waals surface area contributed by atoms with Crippen LogP contribution in [0.1, 0.15) is 0 Å². The maximum absolute atomic E-state index is 2.16. The number of nitrogens with zero attached hydrogens (tertiary/aromatic N) is 4. The van der Waals surface area contributed by atoms with Gasteiger partial charge in [-0.25, -0.2) is 0 Å². The second kappa shape index (κ2) is 11.2. The molecule has 6 heteroatoms. The lowest BCUT2D eigenvalue weighted by Gasteiger charge is -2.11. The molecular formula is C26H28Br2N4. The van der Waals surface area contributed by atoms with Crippen LogP contribution in [0.3, 0.4) is 0 Å². The van der Waals surface area contributed by atoms with E-state index in [1.165, 1.54) is 22.5 Å². The third-order valence-corrected chi connectivity index (χ3v) is 5.32. The predicted molar refractivity (Wildman–Crippen MR) is 124 cm³/mol. The van der Waals surface area contributed by atoms with Crippen molar-refractivity contribution in [3.05, 3.63) is 97.6 Å². The van der Waals surface area contributed by atoms with Crippen molar-refractivity contribution in [1.29, 1.82) is 0 Å². The van der Waals surface area contributed by atoms with Crippen molar-refractivity contribution in [3.8, 4) is 22.5 Å². The summed E-state index contributed by atoms with van der Waals surface area (Å²) in [6.07, 6.45) is 8.45. The van der Waals surface area contributed by atoms with Gasteiger partial charge >= 0.3 is 0 Å². The van der Waals surface area contributed by atoms with Crippen molar-refractivity contribution in [2.75, 3.05) is 38.0 Å². The summed E-state index contributed by atoms with van der Waals surface area (Å²) in [5, 5.41) is 0. The molecule has 2 aromatic carbocycles. The van der Waals surface area contributed by atoms with Gasteiger partial charge in [-0.15, -0.1) is 0 Å². The van der Waals surface area contributed by atoms with E-state index in [4.69, 9.17) is 0 Å². The van der Waals surface area contributed by atoms with Crippen LogP contribution >= 0.6 is 0 Å².